The number of nitrogens with zero attached hydrogens (tertiary/aromatic N) is 4. The summed E-state index contributed by atoms with van der Waals surface area (Å²) in [6.07, 6.45) is 0.903. The zero-order chi connectivity index (χ0) is 19.3. The SMILES string of the molecule is CC(C)c1cc2c(s1)Cc1cc(C(C)C)sc1C2=C1C(C#N)=NN=C1C#N. The smallest absolute Gasteiger partial charge is 0.173 e. The summed E-state index contributed by atoms with van der Waals surface area (Å²) in [5, 5.41) is 27.1. The summed E-state index contributed by atoms with van der Waals surface area (Å²) in [5.74, 6) is 0.876. The van der Waals surface area contributed by atoms with Gasteiger partial charge in [-0.15, -0.1) is 32.9 Å². The van der Waals surface area contributed by atoms with Crippen LogP contribution in [0.15, 0.2) is 27.9 Å². The molecule has 3 heterocycles. The van der Waals surface area contributed by atoms with Gasteiger partial charge in [0, 0.05) is 31.5 Å². The van der Waals surface area contributed by atoms with Crippen LogP contribution in [-0.2, 0) is 6.42 Å². The molecule has 0 atom stereocenters. The molecular weight excluding hydrogens is 372 g/mol. The third-order valence-corrected chi connectivity index (χ3v) is 7.76. The van der Waals surface area contributed by atoms with E-state index in [1.54, 1.807) is 11.3 Å². The number of allylic oxidation sites excluding steroid dienone is 1. The second-order valence-electron chi connectivity index (χ2n) is 7.35. The Balaban J connectivity index is 2.05. The van der Waals surface area contributed by atoms with Crippen LogP contribution < -0.4 is 0 Å². The van der Waals surface area contributed by atoms with Crippen molar-refractivity contribution in [3.63, 3.8) is 0 Å². The van der Waals surface area contributed by atoms with Gasteiger partial charge in [-0.3, -0.25) is 0 Å². The van der Waals surface area contributed by atoms with Crippen molar-refractivity contribution < 1.29 is 0 Å². The average molecular weight is 391 g/mol. The molecule has 27 heavy (non-hydrogen) atoms. The third kappa shape index (κ3) is 2.77. The van der Waals surface area contributed by atoms with Gasteiger partial charge in [0.15, 0.2) is 11.4 Å². The molecule has 0 unspecified atom stereocenters. The van der Waals surface area contributed by atoms with Crippen LogP contribution >= 0.6 is 22.7 Å². The highest BCUT2D eigenvalue weighted by Gasteiger charge is 2.33. The summed E-state index contributed by atoms with van der Waals surface area (Å²) in [7, 11) is 0. The van der Waals surface area contributed by atoms with Crippen LogP contribution in [0.25, 0.3) is 5.57 Å². The number of rotatable bonds is 2. The van der Waals surface area contributed by atoms with Crippen molar-refractivity contribution in [2.45, 2.75) is 46.0 Å². The van der Waals surface area contributed by atoms with Crippen molar-refractivity contribution in [2.75, 3.05) is 0 Å². The maximum Gasteiger partial charge on any atom is 0.173 e. The first-order valence-electron chi connectivity index (χ1n) is 8.91. The molecular formula is C21H18N4S2. The van der Waals surface area contributed by atoms with Gasteiger partial charge < -0.3 is 0 Å². The van der Waals surface area contributed by atoms with Crippen molar-refractivity contribution >= 4 is 39.7 Å². The molecule has 0 spiro atoms. The van der Waals surface area contributed by atoms with E-state index in [0.29, 0.717) is 17.4 Å². The monoisotopic (exact) mass is 390 g/mol. The van der Waals surface area contributed by atoms with Crippen molar-refractivity contribution in [1.82, 2.24) is 0 Å². The molecule has 2 aliphatic rings. The molecule has 0 amide bonds. The Morgan fingerprint density at radius 3 is 2.04 bits per heavy atom. The molecule has 134 valence electrons. The summed E-state index contributed by atoms with van der Waals surface area (Å²) >= 11 is 3.59. The summed E-state index contributed by atoms with van der Waals surface area (Å²) in [6.45, 7) is 8.76. The highest BCUT2D eigenvalue weighted by Crippen LogP contribution is 2.48. The van der Waals surface area contributed by atoms with E-state index in [2.05, 4.69) is 62.2 Å². The standard InChI is InChI=1S/C21H18N4S2/c1-10(2)16-5-12-6-18-13(7-17(26-18)11(3)4)19(21(12)27-16)20-14(8-22)24-25-15(20)9-23/h5,7,10-11H,6H2,1-4H3. The van der Waals surface area contributed by atoms with Gasteiger partial charge in [-0.05, 0) is 35.1 Å². The van der Waals surface area contributed by atoms with Crippen LogP contribution in [0, 0.1) is 22.7 Å². The number of fused-ring (bicyclic) bond motifs is 2. The van der Waals surface area contributed by atoms with E-state index >= 15 is 0 Å². The first-order chi connectivity index (χ1) is 12.9. The summed E-state index contributed by atoms with van der Waals surface area (Å²) < 4.78 is 0. The van der Waals surface area contributed by atoms with Crippen molar-refractivity contribution in [3.8, 4) is 12.1 Å². The van der Waals surface area contributed by atoms with Crippen molar-refractivity contribution in [2.24, 2.45) is 10.2 Å². The molecule has 0 radical (unpaired) electrons. The van der Waals surface area contributed by atoms with Crippen LogP contribution in [0.3, 0.4) is 0 Å². The summed E-state index contributed by atoms with van der Waals surface area (Å²) in [4.78, 5) is 5.09. The second kappa shape index (κ2) is 6.56. The molecule has 0 N–H and O–H groups in total. The minimum Gasteiger partial charge on any atom is -0.191 e. The summed E-state index contributed by atoms with van der Waals surface area (Å²) in [6, 6.07) is 8.77. The molecule has 4 nitrogen and oxygen atoms in total. The minimum absolute atomic E-state index is 0.233. The maximum atomic E-state index is 9.57. The van der Waals surface area contributed by atoms with Gasteiger partial charge in [-0.2, -0.15) is 10.5 Å². The lowest BCUT2D eigenvalue weighted by Crippen LogP contribution is -2.12. The Bertz CT molecular complexity index is 1040. The molecule has 1 aliphatic carbocycles. The maximum absolute atomic E-state index is 9.57. The Labute approximate surface area is 166 Å². The van der Waals surface area contributed by atoms with Crippen LogP contribution in [0.4, 0.5) is 0 Å². The van der Waals surface area contributed by atoms with Crippen LogP contribution in [-0.4, -0.2) is 11.4 Å². The normalized spacial score (nSPS) is 15.4. The van der Waals surface area contributed by atoms with E-state index in [4.69, 9.17) is 0 Å². The van der Waals surface area contributed by atoms with Gasteiger partial charge >= 0.3 is 0 Å². The van der Waals surface area contributed by atoms with Crippen molar-refractivity contribution in [3.05, 3.63) is 48.3 Å². The lowest BCUT2D eigenvalue weighted by Gasteiger charge is -2.17. The number of thiophene rings is 2. The first-order valence-corrected chi connectivity index (χ1v) is 10.5. The van der Waals surface area contributed by atoms with E-state index in [0.717, 1.165) is 22.4 Å². The molecule has 2 aromatic heterocycles. The van der Waals surface area contributed by atoms with Gasteiger partial charge in [0.2, 0.25) is 0 Å². The Hall–Kier alpha value is -2.54. The largest absolute Gasteiger partial charge is 0.191 e. The lowest BCUT2D eigenvalue weighted by molar-refractivity contribution is 0.888. The topological polar surface area (TPSA) is 72.3 Å². The van der Waals surface area contributed by atoms with Gasteiger partial charge in [0.05, 0.1) is 5.57 Å². The number of nitriles is 2. The highest BCUT2D eigenvalue weighted by atomic mass is 32.1. The summed E-state index contributed by atoms with van der Waals surface area (Å²) in [5.41, 5.74) is 4.43. The Morgan fingerprint density at radius 1 is 0.889 bits per heavy atom. The number of hydrogen-bond donors (Lipinski definition) is 0. The molecule has 0 saturated carbocycles. The van der Waals surface area contributed by atoms with E-state index in [-0.39, 0.29) is 11.4 Å². The molecule has 0 fully saturated rings. The molecule has 1 aliphatic heterocycles. The van der Waals surface area contributed by atoms with E-state index < -0.39 is 0 Å². The predicted octanol–water partition coefficient (Wildman–Crippen LogP) is 5.62. The van der Waals surface area contributed by atoms with Gasteiger partial charge in [-0.25, -0.2) is 0 Å². The van der Waals surface area contributed by atoms with Crippen molar-refractivity contribution in [1.29, 1.82) is 10.5 Å². The number of hydrogen-bond acceptors (Lipinski definition) is 6. The quantitative estimate of drug-likeness (QED) is 0.569. The zero-order valence-corrected chi connectivity index (χ0v) is 17.3. The molecule has 4 rings (SSSR count). The van der Waals surface area contributed by atoms with E-state index in [1.807, 2.05) is 11.3 Å². The van der Waals surface area contributed by atoms with Gasteiger partial charge in [0.25, 0.3) is 0 Å². The van der Waals surface area contributed by atoms with Crippen LogP contribution in [0.1, 0.15) is 70.2 Å². The van der Waals surface area contributed by atoms with E-state index in [9.17, 15) is 10.5 Å². The fourth-order valence-corrected chi connectivity index (χ4v) is 5.85. The third-order valence-electron chi connectivity index (χ3n) is 4.83. The van der Waals surface area contributed by atoms with E-state index in [1.165, 1.54) is 20.2 Å². The average Bonchev–Trinajstić information content (AvgIpc) is 3.34. The Morgan fingerprint density at radius 2 is 1.48 bits per heavy atom. The fraction of sp³-hybridized carbons (Fsp3) is 0.333. The highest BCUT2D eigenvalue weighted by molar-refractivity contribution is 7.14. The van der Waals surface area contributed by atoms with Gasteiger partial charge in [0.1, 0.15) is 12.1 Å². The molecule has 6 heteroatoms. The molecule has 0 bridgehead atoms. The first kappa shape index (κ1) is 17.9. The van der Waals surface area contributed by atoms with Crippen LogP contribution in [0.5, 0.6) is 0 Å². The fourth-order valence-electron chi connectivity index (χ4n) is 3.40. The lowest BCUT2D eigenvalue weighted by atomic mass is 9.86. The zero-order valence-electron chi connectivity index (χ0n) is 15.6. The molecule has 2 aromatic rings. The Kier molecular flexibility index (Phi) is 4.34. The predicted molar refractivity (Wildman–Crippen MR) is 112 cm³/mol. The van der Waals surface area contributed by atoms with Crippen LogP contribution in [0.2, 0.25) is 0 Å². The second-order valence-corrected chi connectivity index (χ2v) is 9.60. The minimum atomic E-state index is 0.233. The molecule has 0 saturated heterocycles. The van der Waals surface area contributed by atoms with Gasteiger partial charge in [-0.1, -0.05) is 27.7 Å². The molecule has 0 aromatic carbocycles.